The van der Waals surface area contributed by atoms with E-state index in [-0.39, 0.29) is 0 Å². The van der Waals surface area contributed by atoms with Gasteiger partial charge in [-0.2, -0.15) is 0 Å². The van der Waals surface area contributed by atoms with E-state index in [1.54, 1.807) is 0 Å². The van der Waals surface area contributed by atoms with E-state index in [9.17, 15) is 0 Å². The highest BCUT2D eigenvalue weighted by Gasteiger charge is 2.20. The van der Waals surface area contributed by atoms with Crippen LogP contribution in [0.2, 0.25) is 0 Å². The Balaban J connectivity index is 1.83. The van der Waals surface area contributed by atoms with Crippen molar-refractivity contribution in [1.82, 2.24) is 4.98 Å². The van der Waals surface area contributed by atoms with Crippen molar-refractivity contribution >= 4 is 16.6 Å². The average molecular weight is 302 g/mol. The highest BCUT2D eigenvalue weighted by atomic mass is 15.1. The number of hydrogen-bond donors (Lipinski definition) is 0. The van der Waals surface area contributed by atoms with Crippen LogP contribution in [0.25, 0.3) is 10.9 Å². The van der Waals surface area contributed by atoms with Crippen molar-refractivity contribution in [3.05, 3.63) is 71.4 Å². The number of para-hydroxylation sites is 1. The minimum absolute atomic E-state index is 0.932. The van der Waals surface area contributed by atoms with E-state index in [4.69, 9.17) is 4.98 Å². The maximum atomic E-state index is 4.94. The standard InChI is InChI=1S/C21H22N2/c1-23(15-16-9-3-2-4-10-16)21-17-11-5-7-13-19(17)22-20-14-8-6-12-18(20)21/h2-5,7,9-11,13H,6,8,12,14-15H2,1H3. The molecule has 0 unspecified atom stereocenters. The Morgan fingerprint density at radius 3 is 2.52 bits per heavy atom. The van der Waals surface area contributed by atoms with Crippen LogP contribution < -0.4 is 4.90 Å². The van der Waals surface area contributed by atoms with E-state index in [1.807, 2.05) is 0 Å². The second-order valence-electron chi connectivity index (χ2n) is 6.45. The third-order valence-corrected chi connectivity index (χ3v) is 4.78. The van der Waals surface area contributed by atoms with Crippen LogP contribution in [0.3, 0.4) is 0 Å². The fraction of sp³-hybridized carbons (Fsp3) is 0.286. The van der Waals surface area contributed by atoms with Gasteiger partial charge in [-0.1, -0.05) is 48.5 Å². The van der Waals surface area contributed by atoms with E-state index in [0.717, 1.165) is 24.9 Å². The molecule has 0 spiro atoms. The molecule has 1 heterocycles. The summed E-state index contributed by atoms with van der Waals surface area (Å²) < 4.78 is 0. The maximum Gasteiger partial charge on any atom is 0.0726 e. The van der Waals surface area contributed by atoms with E-state index in [1.165, 1.54) is 40.7 Å². The number of aromatic nitrogens is 1. The Labute approximate surface area is 137 Å². The van der Waals surface area contributed by atoms with Crippen molar-refractivity contribution in [1.29, 1.82) is 0 Å². The molecule has 4 rings (SSSR count). The molecule has 3 aromatic rings. The molecule has 0 amide bonds. The molecule has 0 saturated carbocycles. The largest absolute Gasteiger partial charge is 0.369 e. The molecule has 2 heteroatoms. The lowest BCUT2D eigenvalue weighted by Gasteiger charge is -2.28. The van der Waals surface area contributed by atoms with Gasteiger partial charge in [-0.15, -0.1) is 0 Å². The first-order chi connectivity index (χ1) is 11.3. The quantitative estimate of drug-likeness (QED) is 0.694. The number of rotatable bonds is 3. The molecule has 1 aliphatic rings. The average Bonchev–Trinajstić information content (AvgIpc) is 2.60. The Morgan fingerprint density at radius 2 is 1.65 bits per heavy atom. The predicted molar refractivity (Wildman–Crippen MR) is 96.9 cm³/mol. The van der Waals surface area contributed by atoms with Gasteiger partial charge < -0.3 is 4.90 Å². The number of aryl methyl sites for hydroxylation is 1. The molecule has 0 radical (unpaired) electrons. The molecular weight excluding hydrogens is 280 g/mol. The zero-order chi connectivity index (χ0) is 15.6. The third kappa shape index (κ3) is 2.70. The van der Waals surface area contributed by atoms with E-state index in [0.29, 0.717) is 0 Å². The Morgan fingerprint density at radius 1 is 0.913 bits per heavy atom. The van der Waals surface area contributed by atoms with E-state index in [2.05, 4.69) is 66.5 Å². The summed E-state index contributed by atoms with van der Waals surface area (Å²) in [7, 11) is 2.21. The van der Waals surface area contributed by atoms with Gasteiger partial charge in [-0.25, -0.2) is 0 Å². The van der Waals surface area contributed by atoms with Crippen molar-refractivity contribution in [2.24, 2.45) is 0 Å². The normalized spacial score (nSPS) is 13.8. The van der Waals surface area contributed by atoms with Gasteiger partial charge in [0.1, 0.15) is 0 Å². The zero-order valence-electron chi connectivity index (χ0n) is 13.6. The topological polar surface area (TPSA) is 16.1 Å². The molecule has 0 N–H and O–H groups in total. The van der Waals surface area contributed by atoms with Crippen LogP contribution >= 0.6 is 0 Å². The molecule has 2 nitrogen and oxygen atoms in total. The minimum Gasteiger partial charge on any atom is -0.369 e. The zero-order valence-corrected chi connectivity index (χ0v) is 13.6. The summed E-state index contributed by atoms with van der Waals surface area (Å²) in [6, 6.07) is 19.3. The second kappa shape index (κ2) is 6.04. The summed E-state index contributed by atoms with van der Waals surface area (Å²) >= 11 is 0. The van der Waals surface area contributed by atoms with Crippen LogP contribution in [0.1, 0.15) is 29.7 Å². The Kier molecular flexibility index (Phi) is 3.74. The molecule has 23 heavy (non-hydrogen) atoms. The monoisotopic (exact) mass is 302 g/mol. The van der Waals surface area contributed by atoms with Gasteiger partial charge in [0.15, 0.2) is 0 Å². The van der Waals surface area contributed by atoms with Gasteiger partial charge in [-0.05, 0) is 42.9 Å². The number of nitrogens with zero attached hydrogens (tertiary/aromatic N) is 2. The Bertz CT molecular complexity index is 824. The van der Waals surface area contributed by atoms with E-state index < -0.39 is 0 Å². The summed E-state index contributed by atoms with van der Waals surface area (Å²) in [6.07, 6.45) is 4.81. The summed E-state index contributed by atoms with van der Waals surface area (Å²) in [5.74, 6) is 0. The van der Waals surface area contributed by atoms with Crippen molar-refractivity contribution < 1.29 is 0 Å². The molecule has 0 fully saturated rings. The predicted octanol–water partition coefficient (Wildman–Crippen LogP) is 4.75. The number of benzene rings is 2. The first-order valence-corrected chi connectivity index (χ1v) is 8.48. The fourth-order valence-electron chi connectivity index (χ4n) is 3.72. The van der Waals surface area contributed by atoms with Crippen LogP contribution in [0.4, 0.5) is 5.69 Å². The number of anilines is 1. The van der Waals surface area contributed by atoms with Gasteiger partial charge in [0.2, 0.25) is 0 Å². The van der Waals surface area contributed by atoms with E-state index >= 15 is 0 Å². The smallest absolute Gasteiger partial charge is 0.0726 e. The first-order valence-electron chi connectivity index (χ1n) is 8.48. The summed E-state index contributed by atoms with van der Waals surface area (Å²) in [4.78, 5) is 7.35. The first kappa shape index (κ1) is 14.3. The van der Waals surface area contributed by atoms with Crippen LogP contribution in [0.5, 0.6) is 0 Å². The SMILES string of the molecule is CN(Cc1ccccc1)c1c2c(nc3ccccc13)CCCC2. The third-order valence-electron chi connectivity index (χ3n) is 4.78. The van der Waals surface area contributed by atoms with Crippen LogP contribution in [-0.4, -0.2) is 12.0 Å². The number of hydrogen-bond acceptors (Lipinski definition) is 2. The summed E-state index contributed by atoms with van der Waals surface area (Å²) in [5.41, 5.74) is 6.64. The maximum absolute atomic E-state index is 4.94. The summed E-state index contributed by atoms with van der Waals surface area (Å²) in [5, 5.41) is 1.28. The van der Waals surface area contributed by atoms with Crippen molar-refractivity contribution in [3.63, 3.8) is 0 Å². The fourth-order valence-corrected chi connectivity index (χ4v) is 3.72. The minimum atomic E-state index is 0.932. The molecule has 1 aliphatic carbocycles. The van der Waals surface area contributed by atoms with Gasteiger partial charge in [-0.3, -0.25) is 4.98 Å². The highest BCUT2D eigenvalue weighted by Crippen LogP contribution is 2.35. The van der Waals surface area contributed by atoms with Gasteiger partial charge in [0.25, 0.3) is 0 Å². The molecule has 116 valence electrons. The Hall–Kier alpha value is -2.35. The van der Waals surface area contributed by atoms with Crippen LogP contribution in [-0.2, 0) is 19.4 Å². The van der Waals surface area contributed by atoms with Gasteiger partial charge >= 0.3 is 0 Å². The molecule has 2 aromatic carbocycles. The second-order valence-corrected chi connectivity index (χ2v) is 6.45. The molecule has 0 saturated heterocycles. The molecular formula is C21H22N2. The molecule has 0 bridgehead atoms. The van der Waals surface area contributed by atoms with Crippen molar-refractivity contribution in [2.45, 2.75) is 32.2 Å². The van der Waals surface area contributed by atoms with Crippen LogP contribution in [0, 0.1) is 0 Å². The molecule has 0 atom stereocenters. The van der Waals surface area contributed by atoms with Crippen molar-refractivity contribution in [3.8, 4) is 0 Å². The van der Waals surface area contributed by atoms with Gasteiger partial charge in [0.05, 0.1) is 11.2 Å². The molecule has 0 aliphatic heterocycles. The number of fused-ring (bicyclic) bond motifs is 2. The van der Waals surface area contributed by atoms with Gasteiger partial charge in [0, 0.05) is 24.7 Å². The molecule has 1 aromatic heterocycles. The lowest BCUT2D eigenvalue weighted by Crippen LogP contribution is -2.21. The van der Waals surface area contributed by atoms with Crippen molar-refractivity contribution in [2.75, 3.05) is 11.9 Å². The number of pyridine rings is 1. The summed E-state index contributed by atoms with van der Waals surface area (Å²) in [6.45, 7) is 0.932. The lowest BCUT2D eigenvalue weighted by atomic mass is 9.92. The lowest BCUT2D eigenvalue weighted by molar-refractivity contribution is 0.668. The van der Waals surface area contributed by atoms with Crippen LogP contribution in [0.15, 0.2) is 54.6 Å². The highest BCUT2D eigenvalue weighted by molar-refractivity contribution is 5.94.